The Morgan fingerprint density at radius 2 is 1.80 bits per heavy atom. The molecule has 0 amide bonds. The van der Waals surface area contributed by atoms with Gasteiger partial charge in [0, 0.05) is 30.8 Å². The third-order valence-electron chi connectivity index (χ3n) is 2.86. The molecule has 0 unspecified atom stereocenters. The van der Waals surface area contributed by atoms with Gasteiger partial charge in [-0.3, -0.25) is 0 Å². The van der Waals surface area contributed by atoms with Gasteiger partial charge < -0.3 is 5.32 Å². The smallest absolute Gasteiger partial charge is 0.0631 e. The van der Waals surface area contributed by atoms with Gasteiger partial charge in [0.1, 0.15) is 0 Å². The third-order valence-corrected chi connectivity index (χ3v) is 6.04. The zero-order valence-electron chi connectivity index (χ0n) is 10.4. The van der Waals surface area contributed by atoms with Crippen LogP contribution in [0.1, 0.15) is 4.88 Å². The van der Waals surface area contributed by atoms with E-state index in [1.807, 2.05) is 18.2 Å². The van der Waals surface area contributed by atoms with Gasteiger partial charge in [0.25, 0.3) is 0 Å². The minimum Gasteiger partial charge on any atom is -0.378 e. The van der Waals surface area contributed by atoms with Crippen LogP contribution in [0, 0.1) is 0 Å². The highest BCUT2D eigenvalue weighted by molar-refractivity contribution is 9.11. The fourth-order valence-corrected chi connectivity index (χ4v) is 4.78. The Morgan fingerprint density at radius 3 is 2.50 bits per heavy atom. The first-order chi connectivity index (χ1) is 9.74. The van der Waals surface area contributed by atoms with E-state index in [0.29, 0.717) is 0 Å². The van der Waals surface area contributed by atoms with Crippen LogP contribution in [0.3, 0.4) is 0 Å². The van der Waals surface area contributed by atoms with Gasteiger partial charge in [0.15, 0.2) is 0 Å². The van der Waals surface area contributed by atoms with E-state index >= 15 is 0 Å². The predicted molar refractivity (Wildman–Crippen MR) is 96.8 cm³/mol. The lowest BCUT2D eigenvalue weighted by Crippen LogP contribution is -1.98. The Bertz CT molecular complexity index is 684. The van der Waals surface area contributed by atoms with Crippen LogP contribution < -0.4 is 5.32 Å². The van der Waals surface area contributed by atoms with E-state index in [2.05, 4.69) is 66.1 Å². The van der Waals surface area contributed by atoms with Gasteiger partial charge in [-0.1, -0.05) is 12.1 Å². The van der Waals surface area contributed by atoms with Gasteiger partial charge in [-0.15, -0.1) is 22.7 Å². The summed E-state index contributed by atoms with van der Waals surface area (Å²) < 4.78 is 2.14. The minimum atomic E-state index is 0.831. The normalized spacial score (nSPS) is 10.7. The molecule has 1 aromatic carbocycles. The second-order valence-corrected chi connectivity index (χ2v) is 7.88. The summed E-state index contributed by atoms with van der Waals surface area (Å²) >= 11 is 10.7. The molecule has 0 saturated carbocycles. The van der Waals surface area contributed by atoms with Crippen LogP contribution in [0.5, 0.6) is 0 Å². The van der Waals surface area contributed by atoms with E-state index in [9.17, 15) is 0 Å². The average molecular weight is 429 g/mol. The van der Waals surface area contributed by atoms with Gasteiger partial charge in [-0.2, -0.15) is 0 Å². The maximum Gasteiger partial charge on any atom is 0.0631 e. The van der Waals surface area contributed by atoms with Gasteiger partial charge in [0.05, 0.1) is 5.69 Å². The molecule has 2 heterocycles. The first-order valence-corrected chi connectivity index (χ1v) is 9.38. The lowest BCUT2D eigenvalue weighted by atomic mass is 10.2. The Morgan fingerprint density at radius 1 is 1.00 bits per heavy atom. The number of nitrogens with one attached hydrogen (secondary N) is 1. The maximum atomic E-state index is 3.57. The highest BCUT2D eigenvalue weighted by atomic mass is 79.9. The summed E-state index contributed by atoms with van der Waals surface area (Å²) in [6.07, 6.45) is 0. The van der Waals surface area contributed by atoms with Gasteiger partial charge in [-0.25, -0.2) is 0 Å². The SMILES string of the molecule is Brc1cccc(Br)c1NCc1cc(-c2cccs2)cs1. The van der Waals surface area contributed by atoms with Crippen LogP contribution in [0.2, 0.25) is 0 Å². The summed E-state index contributed by atoms with van der Waals surface area (Å²) in [6, 6.07) is 12.6. The molecule has 0 bridgehead atoms. The molecule has 0 spiro atoms. The van der Waals surface area contributed by atoms with Crippen LogP contribution >= 0.6 is 54.5 Å². The van der Waals surface area contributed by atoms with Crippen molar-refractivity contribution in [3.63, 3.8) is 0 Å². The fourth-order valence-electron chi connectivity index (χ4n) is 1.89. The molecule has 1 nitrogen and oxygen atoms in total. The average Bonchev–Trinajstić information content (AvgIpc) is 3.09. The Balaban J connectivity index is 1.73. The van der Waals surface area contributed by atoms with Crippen LogP contribution in [0.15, 0.2) is 56.1 Å². The summed E-state index contributed by atoms with van der Waals surface area (Å²) in [5.41, 5.74) is 2.41. The number of benzene rings is 1. The topological polar surface area (TPSA) is 12.0 Å². The third kappa shape index (κ3) is 3.17. The molecule has 1 N–H and O–H groups in total. The Hall–Kier alpha value is -0.620. The molecule has 0 saturated heterocycles. The molecular weight excluding hydrogens is 418 g/mol. The summed E-state index contributed by atoms with van der Waals surface area (Å²) in [7, 11) is 0. The quantitative estimate of drug-likeness (QED) is 0.492. The minimum absolute atomic E-state index is 0.831. The number of para-hydroxylation sites is 1. The van der Waals surface area contributed by atoms with E-state index in [1.54, 1.807) is 22.7 Å². The van der Waals surface area contributed by atoms with E-state index in [0.717, 1.165) is 21.2 Å². The van der Waals surface area contributed by atoms with Gasteiger partial charge in [-0.05, 0) is 66.9 Å². The van der Waals surface area contributed by atoms with Gasteiger partial charge >= 0.3 is 0 Å². The molecule has 0 atom stereocenters. The van der Waals surface area contributed by atoms with Crippen LogP contribution in [-0.4, -0.2) is 0 Å². The molecule has 0 aliphatic carbocycles. The van der Waals surface area contributed by atoms with Crippen LogP contribution in [-0.2, 0) is 6.54 Å². The molecule has 20 heavy (non-hydrogen) atoms. The number of hydrogen-bond acceptors (Lipinski definition) is 3. The van der Waals surface area contributed by atoms with E-state index in [4.69, 9.17) is 0 Å². The molecule has 0 aliphatic heterocycles. The maximum absolute atomic E-state index is 3.57. The molecule has 2 aromatic heterocycles. The lowest BCUT2D eigenvalue weighted by Gasteiger charge is -2.09. The van der Waals surface area contributed by atoms with Crippen LogP contribution in [0.4, 0.5) is 5.69 Å². The first-order valence-electron chi connectivity index (χ1n) is 6.03. The van der Waals surface area contributed by atoms with Crippen molar-refractivity contribution in [3.05, 3.63) is 61.0 Å². The van der Waals surface area contributed by atoms with Crippen molar-refractivity contribution >= 4 is 60.2 Å². The fraction of sp³-hybridized carbons (Fsp3) is 0.0667. The van der Waals surface area contributed by atoms with Crippen molar-refractivity contribution in [2.24, 2.45) is 0 Å². The van der Waals surface area contributed by atoms with Crippen molar-refractivity contribution in [3.8, 4) is 10.4 Å². The summed E-state index contributed by atoms with van der Waals surface area (Å²) in [5, 5.41) is 7.81. The molecule has 3 aromatic rings. The molecule has 5 heteroatoms. The summed E-state index contributed by atoms with van der Waals surface area (Å²) in [4.78, 5) is 2.66. The number of thiophene rings is 2. The van der Waals surface area contributed by atoms with E-state index in [-0.39, 0.29) is 0 Å². The zero-order chi connectivity index (χ0) is 13.9. The first kappa shape index (κ1) is 14.3. The second-order valence-electron chi connectivity index (χ2n) is 4.23. The molecule has 102 valence electrons. The zero-order valence-corrected chi connectivity index (χ0v) is 15.2. The number of hydrogen-bond donors (Lipinski definition) is 1. The van der Waals surface area contributed by atoms with Crippen molar-refractivity contribution in [2.45, 2.75) is 6.54 Å². The van der Waals surface area contributed by atoms with Crippen molar-refractivity contribution in [2.75, 3.05) is 5.32 Å². The number of halogens is 2. The van der Waals surface area contributed by atoms with Crippen molar-refractivity contribution in [1.82, 2.24) is 0 Å². The Labute approximate surface area is 142 Å². The Kier molecular flexibility index (Phi) is 4.61. The number of anilines is 1. The van der Waals surface area contributed by atoms with E-state index < -0.39 is 0 Å². The molecule has 0 aliphatic rings. The molecular formula is C15H11Br2NS2. The monoisotopic (exact) mass is 427 g/mol. The van der Waals surface area contributed by atoms with Crippen molar-refractivity contribution < 1.29 is 0 Å². The molecule has 0 radical (unpaired) electrons. The predicted octanol–water partition coefficient (Wildman–Crippen LogP) is 6.61. The van der Waals surface area contributed by atoms with E-state index in [1.165, 1.54) is 15.3 Å². The van der Waals surface area contributed by atoms with Crippen molar-refractivity contribution in [1.29, 1.82) is 0 Å². The molecule has 3 rings (SSSR count). The van der Waals surface area contributed by atoms with Gasteiger partial charge in [0.2, 0.25) is 0 Å². The summed E-state index contributed by atoms with van der Waals surface area (Å²) in [5.74, 6) is 0. The highest BCUT2D eigenvalue weighted by Crippen LogP contribution is 2.33. The standard InChI is InChI=1S/C15H11Br2NS2/c16-12-3-1-4-13(17)15(12)18-8-11-7-10(9-20-11)14-5-2-6-19-14/h1-7,9,18H,8H2. The molecule has 0 fully saturated rings. The lowest BCUT2D eigenvalue weighted by molar-refractivity contribution is 1.18. The highest BCUT2D eigenvalue weighted by Gasteiger charge is 2.06. The summed E-state index contributed by atoms with van der Waals surface area (Å²) in [6.45, 7) is 0.831. The largest absolute Gasteiger partial charge is 0.378 e. The number of rotatable bonds is 4. The van der Waals surface area contributed by atoms with Crippen LogP contribution in [0.25, 0.3) is 10.4 Å². The second kappa shape index (κ2) is 6.43.